The van der Waals surface area contributed by atoms with Gasteiger partial charge in [0.05, 0.1) is 0 Å². The van der Waals surface area contributed by atoms with Gasteiger partial charge in [0.25, 0.3) is 0 Å². The van der Waals surface area contributed by atoms with Crippen LogP contribution in [0.4, 0.5) is 0 Å². The van der Waals surface area contributed by atoms with Gasteiger partial charge in [-0.3, -0.25) is 0 Å². The van der Waals surface area contributed by atoms with E-state index in [1.54, 1.807) is 0 Å². The molecule has 0 radical (unpaired) electrons. The van der Waals surface area contributed by atoms with Crippen molar-refractivity contribution in [3.63, 3.8) is 0 Å². The molecule has 0 heteroatoms. The van der Waals surface area contributed by atoms with Gasteiger partial charge in [0.15, 0.2) is 0 Å². The first kappa shape index (κ1) is 15.5. The minimum Gasteiger partial charge on any atom is -0.0683 e. The summed E-state index contributed by atoms with van der Waals surface area (Å²) in [6.45, 7) is 15.7. The molecule has 0 heterocycles. The molecule has 0 unspecified atom stereocenters. The highest BCUT2D eigenvalue weighted by Crippen LogP contribution is 2.30. The van der Waals surface area contributed by atoms with Crippen molar-refractivity contribution < 1.29 is 0 Å². The zero-order valence-corrected chi connectivity index (χ0v) is 10.9. The van der Waals surface area contributed by atoms with E-state index in [1.165, 1.54) is 25.7 Å². The molecular weight excluding hydrogens is 156 g/mol. The summed E-state index contributed by atoms with van der Waals surface area (Å²) in [6.07, 6.45) is 5.42. The number of rotatable bonds is 5. The van der Waals surface area contributed by atoms with Gasteiger partial charge in [-0.25, -0.2) is 0 Å². The van der Waals surface area contributed by atoms with Crippen molar-refractivity contribution in [3.05, 3.63) is 0 Å². The molecule has 0 nitrogen and oxygen atoms in total. The Balaban J connectivity index is 0. The molecule has 0 fully saturated rings. The molecule has 0 aliphatic carbocycles. The van der Waals surface area contributed by atoms with Gasteiger partial charge >= 0.3 is 0 Å². The average molecular weight is 186 g/mol. The highest BCUT2D eigenvalue weighted by atomic mass is 14.2. The number of hydrogen-bond donors (Lipinski definition) is 0. The monoisotopic (exact) mass is 186 g/mol. The van der Waals surface area contributed by atoms with Crippen LogP contribution in [0.3, 0.4) is 0 Å². The lowest BCUT2D eigenvalue weighted by Crippen LogP contribution is -2.14. The fraction of sp³-hybridized carbons (Fsp3) is 1.00. The van der Waals surface area contributed by atoms with Crippen molar-refractivity contribution in [2.45, 2.75) is 74.1 Å². The lowest BCUT2D eigenvalue weighted by Gasteiger charge is -2.26. The van der Waals surface area contributed by atoms with E-state index < -0.39 is 0 Å². The van der Waals surface area contributed by atoms with Crippen molar-refractivity contribution in [3.8, 4) is 0 Å². The van der Waals surface area contributed by atoms with Gasteiger partial charge in [0.2, 0.25) is 0 Å². The summed E-state index contributed by atoms with van der Waals surface area (Å²) >= 11 is 0. The van der Waals surface area contributed by atoms with Crippen LogP contribution in [0, 0.1) is 11.3 Å². The fourth-order valence-electron chi connectivity index (χ4n) is 1.68. The van der Waals surface area contributed by atoms with E-state index in [0.29, 0.717) is 5.41 Å². The third-order valence-corrected chi connectivity index (χ3v) is 2.64. The van der Waals surface area contributed by atoms with Crippen LogP contribution in [0.5, 0.6) is 0 Å². The van der Waals surface area contributed by atoms with Crippen LogP contribution >= 0.6 is 0 Å². The lowest BCUT2D eigenvalue weighted by atomic mass is 9.80. The zero-order valence-electron chi connectivity index (χ0n) is 10.9. The molecule has 0 amide bonds. The predicted molar refractivity (Wildman–Crippen MR) is 64.1 cm³/mol. The normalized spacial score (nSPS) is 13.2. The smallest absolute Gasteiger partial charge is 0.0354 e. The molecule has 0 N–H and O–H groups in total. The summed E-state index contributed by atoms with van der Waals surface area (Å²) in [7, 11) is 0. The van der Waals surface area contributed by atoms with Crippen LogP contribution in [0.25, 0.3) is 0 Å². The summed E-state index contributed by atoms with van der Waals surface area (Å²) in [5, 5.41) is 0. The Morgan fingerprint density at radius 3 is 1.85 bits per heavy atom. The maximum atomic E-state index is 2.38. The molecule has 0 saturated heterocycles. The molecule has 0 spiro atoms. The predicted octanol–water partition coefficient (Wildman–Crippen LogP) is 5.28. The molecule has 0 aromatic carbocycles. The average Bonchev–Trinajstić information content (AvgIpc) is 2.08. The maximum Gasteiger partial charge on any atom is -0.0354 e. The van der Waals surface area contributed by atoms with Crippen LogP contribution in [0.1, 0.15) is 74.1 Å². The second kappa shape index (κ2) is 8.59. The fourth-order valence-corrected chi connectivity index (χ4v) is 1.68. The molecule has 82 valence electrons. The van der Waals surface area contributed by atoms with Gasteiger partial charge < -0.3 is 0 Å². The highest BCUT2D eigenvalue weighted by Gasteiger charge is 2.17. The van der Waals surface area contributed by atoms with E-state index in [9.17, 15) is 0 Å². The van der Waals surface area contributed by atoms with Gasteiger partial charge in [-0.15, -0.1) is 0 Å². The minimum atomic E-state index is 0.564. The second-order valence-corrected chi connectivity index (χ2v) is 4.62. The van der Waals surface area contributed by atoms with E-state index in [-0.39, 0.29) is 0 Å². The Hall–Kier alpha value is 0. The van der Waals surface area contributed by atoms with Crippen molar-refractivity contribution >= 4 is 0 Å². The summed E-state index contributed by atoms with van der Waals surface area (Å²) in [6, 6.07) is 0. The van der Waals surface area contributed by atoms with Crippen molar-refractivity contribution in [2.24, 2.45) is 11.3 Å². The summed E-state index contributed by atoms with van der Waals surface area (Å²) in [4.78, 5) is 0. The van der Waals surface area contributed by atoms with E-state index in [4.69, 9.17) is 0 Å². The minimum absolute atomic E-state index is 0.564. The van der Waals surface area contributed by atoms with E-state index in [0.717, 1.165) is 5.92 Å². The quantitative estimate of drug-likeness (QED) is 0.548. The molecule has 0 aromatic heterocycles. The van der Waals surface area contributed by atoms with E-state index in [2.05, 4.69) is 34.6 Å². The third kappa shape index (κ3) is 9.92. The van der Waals surface area contributed by atoms with Gasteiger partial charge in [0, 0.05) is 0 Å². The van der Waals surface area contributed by atoms with Crippen molar-refractivity contribution in [2.75, 3.05) is 0 Å². The van der Waals surface area contributed by atoms with Crippen LogP contribution in [-0.4, -0.2) is 0 Å². The Bertz CT molecular complexity index is 92.2. The van der Waals surface area contributed by atoms with Gasteiger partial charge in [-0.2, -0.15) is 0 Å². The van der Waals surface area contributed by atoms with E-state index in [1.807, 2.05) is 13.8 Å². The molecule has 0 rings (SSSR count). The second-order valence-electron chi connectivity index (χ2n) is 4.62. The Morgan fingerprint density at radius 1 is 1.08 bits per heavy atom. The van der Waals surface area contributed by atoms with Crippen LogP contribution in [-0.2, 0) is 0 Å². The summed E-state index contributed by atoms with van der Waals surface area (Å²) in [5.74, 6) is 0.912. The van der Waals surface area contributed by atoms with Crippen LogP contribution < -0.4 is 0 Å². The molecule has 0 bridgehead atoms. The standard InChI is InChI=1S/C11H24.C2H6/c1-6-8-10(3)9-11(4,5)7-2;1-2/h10H,6-9H2,1-5H3;1-2H3/t10-;/m1./s1. The van der Waals surface area contributed by atoms with Crippen molar-refractivity contribution in [1.82, 2.24) is 0 Å². The first-order chi connectivity index (χ1) is 6.02. The van der Waals surface area contributed by atoms with Crippen LogP contribution in [0.2, 0.25) is 0 Å². The van der Waals surface area contributed by atoms with Gasteiger partial charge in [0.1, 0.15) is 0 Å². The molecule has 13 heavy (non-hydrogen) atoms. The zero-order chi connectivity index (χ0) is 10.9. The van der Waals surface area contributed by atoms with Crippen LogP contribution in [0.15, 0.2) is 0 Å². The topological polar surface area (TPSA) is 0 Å². The molecule has 0 saturated carbocycles. The largest absolute Gasteiger partial charge is 0.0683 e. The molecule has 0 aliphatic rings. The van der Waals surface area contributed by atoms with E-state index >= 15 is 0 Å². The molecule has 1 atom stereocenters. The third-order valence-electron chi connectivity index (χ3n) is 2.64. The summed E-state index contributed by atoms with van der Waals surface area (Å²) < 4.78 is 0. The van der Waals surface area contributed by atoms with Gasteiger partial charge in [-0.05, 0) is 17.8 Å². The highest BCUT2D eigenvalue weighted by molar-refractivity contribution is 4.69. The molecule has 0 aromatic rings. The SMILES string of the molecule is CC.CCC[C@@H](C)CC(C)(C)CC. The Kier molecular flexibility index (Phi) is 10.2. The Labute approximate surface area is 86.1 Å². The molecule has 0 aliphatic heterocycles. The first-order valence-corrected chi connectivity index (χ1v) is 6.02. The first-order valence-electron chi connectivity index (χ1n) is 6.02. The molecular formula is C13H30. The summed E-state index contributed by atoms with van der Waals surface area (Å²) in [5.41, 5.74) is 0.564. The number of hydrogen-bond acceptors (Lipinski definition) is 0. The van der Waals surface area contributed by atoms with Gasteiger partial charge in [-0.1, -0.05) is 67.7 Å². The van der Waals surface area contributed by atoms with Crippen molar-refractivity contribution in [1.29, 1.82) is 0 Å². The Morgan fingerprint density at radius 2 is 1.54 bits per heavy atom. The maximum absolute atomic E-state index is 2.38. The lowest BCUT2D eigenvalue weighted by molar-refractivity contribution is 0.258.